The molecule has 0 aliphatic carbocycles. The third-order valence-electron chi connectivity index (χ3n) is 2.96. The molecule has 0 radical (unpaired) electrons. The fourth-order valence-corrected chi connectivity index (χ4v) is 3.91. The number of nitrogens with one attached hydrogen (secondary N) is 1. The van der Waals surface area contributed by atoms with Crippen LogP contribution in [-0.2, 0) is 16.0 Å². The summed E-state index contributed by atoms with van der Waals surface area (Å²) in [7, 11) is -3.17. The molecule has 0 aromatic carbocycles. The Morgan fingerprint density at radius 1 is 1.40 bits per heavy atom. The summed E-state index contributed by atoms with van der Waals surface area (Å²) in [6.45, 7) is 0.00692. The molecule has 2 rings (SSSR count). The molecule has 1 aliphatic rings. The van der Waals surface area contributed by atoms with Crippen LogP contribution < -0.4 is 5.32 Å². The molecule has 1 saturated heterocycles. The standard InChI is InChI=1S/C10H11ClF3N3O2S/c11-9-16-7(10(12,13)14)4-8(17-9)15-5-6-2-1-3-20(6,18)19/h4,6H,1-3,5H2,(H,15,16,17). The van der Waals surface area contributed by atoms with Crippen LogP contribution in [0.1, 0.15) is 18.5 Å². The smallest absolute Gasteiger partial charge is 0.369 e. The van der Waals surface area contributed by atoms with Crippen LogP contribution >= 0.6 is 11.6 Å². The van der Waals surface area contributed by atoms with Crippen molar-refractivity contribution in [1.82, 2.24) is 9.97 Å². The van der Waals surface area contributed by atoms with Gasteiger partial charge in [0.1, 0.15) is 5.82 Å². The van der Waals surface area contributed by atoms with Crippen LogP contribution in [0.15, 0.2) is 6.07 Å². The summed E-state index contributed by atoms with van der Waals surface area (Å²) in [5.74, 6) is -0.0306. The van der Waals surface area contributed by atoms with Crippen LogP contribution in [0.5, 0.6) is 0 Å². The van der Waals surface area contributed by atoms with Crippen LogP contribution in [0.4, 0.5) is 19.0 Å². The lowest BCUT2D eigenvalue weighted by Crippen LogP contribution is -2.25. The van der Waals surface area contributed by atoms with E-state index in [1.54, 1.807) is 0 Å². The Bertz CT molecular complexity index is 606. The van der Waals surface area contributed by atoms with E-state index in [1.807, 2.05) is 0 Å². The van der Waals surface area contributed by atoms with Gasteiger partial charge in [0, 0.05) is 12.6 Å². The van der Waals surface area contributed by atoms with Crippen molar-refractivity contribution in [2.75, 3.05) is 17.6 Å². The molecular weight excluding hydrogens is 319 g/mol. The van der Waals surface area contributed by atoms with Gasteiger partial charge in [-0.15, -0.1) is 0 Å². The zero-order valence-corrected chi connectivity index (χ0v) is 11.7. The summed E-state index contributed by atoms with van der Waals surface area (Å²) in [6.07, 6.45) is -3.59. The number of halogens is 4. The topological polar surface area (TPSA) is 72.0 Å². The van der Waals surface area contributed by atoms with Crippen molar-refractivity contribution in [3.63, 3.8) is 0 Å². The van der Waals surface area contributed by atoms with E-state index in [0.29, 0.717) is 18.9 Å². The summed E-state index contributed by atoms with van der Waals surface area (Å²) < 4.78 is 60.8. The lowest BCUT2D eigenvalue weighted by molar-refractivity contribution is -0.141. The van der Waals surface area contributed by atoms with E-state index in [2.05, 4.69) is 15.3 Å². The number of hydrogen-bond donors (Lipinski definition) is 1. The molecule has 2 heterocycles. The Hall–Kier alpha value is -1.09. The molecular formula is C10H11ClF3N3O2S. The first-order chi connectivity index (χ1) is 9.18. The van der Waals surface area contributed by atoms with Gasteiger partial charge in [-0.3, -0.25) is 0 Å². The van der Waals surface area contributed by atoms with Gasteiger partial charge in [-0.05, 0) is 24.4 Å². The zero-order chi connectivity index (χ0) is 15.0. The van der Waals surface area contributed by atoms with Crippen molar-refractivity contribution >= 4 is 27.3 Å². The van der Waals surface area contributed by atoms with Crippen molar-refractivity contribution in [3.8, 4) is 0 Å². The Kier molecular flexibility index (Phi) is 4.10. The quantitative estimate of drug-likeness (QED) is 0.860. The highest BCUT2D eigenvalue weighted by atomic mass is 35.5. The second kappa shape index (κ2) is 5.36. The number of sulfone groups is 1. The molecule has 10 heteroatoms. The molecule has 0 saturated carbocycles. The highest BCUT2D eigenvalue weighted by molar-refractivity contribution is 7.92. The minimum atomic E-state index is -4.64. The molecule has 1 fully saturated rings. The van der Waals surface area contributed by atoms with Crippen LogP contribution in [0, 0.1) is 0 Å². The summed E-state index contributed by atoms with van der Waals surface area (Å²) >= 11 is 5.43. The highest BCUT2D eigenvalue weighted by Crippen LogP contribution is 2.29. The van der Waals surface area contributed by atoms with Crippen molar-refractivity contribution in [2.24, 2.45) is 0 Å². The average Bonchev–Trinajstić information content (AvgIpc) is 2.64. The van der Waals surface area contributed by atoms with Gasteiger partial charge in [-0.2, -0.15) is 13.2 Å². The molecule has 1 aromatic heterocycles. The number of aromatic nitrogens is 2. The summed E-state index contributed by atoms with van der Waals surface area (Å²) in [5.41, 5.74) is -1.17. The lowest BCUT2D eigenvalue weighted by Gasteiger charge is -2.13. The van der Waals surface area contributed by atoms with E-state index >= 15 is 0 Å². The Morgan fingerprint density at radius 2 is 2.10 bits per heavy atom. The van der Waals surface area contributed by atoms with E-state index in [1.165, 1.54) is 0 Å². The second-order valence-corrected chi connectivity index (χ2v) is 7.16. The number of hydrogen-bond acceptors (Lipinski definition) is 5. The van der Waals surface area contributed by atoms with Crippen LogP contribution in [0.25, 0.3) is 0 Å². The van der Waals surface area contributed by atoms with Gasteiger partial charge in [-0.25, -0.2) is 18.4 Å². The van der Waals surface area contributed by atoms with E-state index in [0.717, 1.165) is 0 Å². The number of rotatable bonds is 3. The van der Waals surface area contributed by atoms with Gasteiger partial charge in [-0.1, -0.05) is 0 Å². The van der Waals surface area contributed by atoms with Gasteiger partial charge >= 0.3 is 6.18 Å². The van der Waals surface area contributed by atoms with Crippen molar-refractivity contribution in [3.05, 3.63) is 17.0 Å². The van der Waals surface area contributed by atoms with Crippen LogP contribution in [-0.4, -0.2) is 35.9 Å². The number of anilines is 1. The Balaban J connectivity index is 2.12. The Morgan fingerprint density at radius 3 is 2.65 bits per heavy atom. The van der Waals surface area contributed by atoms with Gasteiger partial charge in [0.15, 0.2) is 15.5 Å². The minimum Gasteiger partial charge on any atom is -0.369 e. The molecule has 0 amide bonds. The average molecular weight is 330 g/mol. The zero-order valence-electron chi connectivity index (χ0n) is 10.1. The van der Waals surface area contributed by atoms with Crippen molar-refractivity contribution in [2.45, 2.75) is 24.3 Å². The highest BCUT2D eigenvalue weighted by Gasteiger charge is 2.34. The van der Waals surface area contributed by atoms with E-state index < -0.39 is 32.2 Å². The fourth-order valence-electron chi connectivity index (χ4n) is 1.96. The van der Waals surface area contributed by atoms with Gasteiger partial charge in [0.2, 0.25) is 5.28 Å². The minimum absolute atomic E-state index is 0.00692. The van der Waals surface area contributed by atoms with Crippen molar-refractivity contribution < 1.29 is 21.6 Å². The first-order valence-electron chi connectivity index (χ1n) is 5.76. The molecule has 1 aromatic rings. The Labute approximate surface area is 118 Å². The summed E-state index contributed by atoms with van der Waals surface area (Å²) in [5, 5.41) is 1.43. The normalized spacial score (nSPS) is 21.9. The van der Waals surface area contributed by atoms with E-state index in [-0.39, 0.29) is 18.1 Å². The van der Waals surface area contributed by atoms with Gasteiger partial charge < -0.3 is 5.32 Å². The largest absolute Gasteiger partial charge is 0.433 e. The maximum absolute atomic E-state index is 12.5. The molecule has 112 valence electrons. The summed E-state index contributed by atoms with van der Waals surface area (Å²) in [4.78, 5) is 6.69. The first kappa shape index (κ1) is 15.3. The molecule has 1 aliphatic heterocycles. The number of alkyl halides is 3. The maximum atomic E-state index is 12.5. The molecule has 0 bridgehead atoms. The predicted molar refractivity (Wildman–Crippen MR) is 67.3 cm³/mol. The summed E-state index contributed by atoms with van der Waals surface area (Å²) in [6, 6.07) is 0.702. The molecule has 20 heavy (non-hydrogen) atoms. The second-order valence-electron chi connectivity index (χ2n) is 4.42. The van der Waals surface area contributed by atoms with Crippen molar-refractivity contribution in [1.29, 1.82) is 0 Å². The van der Waals surface area contributed by atoms with Crippen LogP contribution in [0.3, 0.4) is 0 Å². The van der Waals surface area contributed by atoms with Crippen LogP contribution in [0.2, 0.25) is 5.28 Å². The monoisotopic (exact) mass is 329 g/mol. The van der Waals surface area contributed by atoms with Gasteiger partial charge in [0.05, 0.1) is 11.0 Å². The fraction of sp³-hybridized carbons (Fsp3) is 0.600. The first-order valence-corrected chi connectivity index (χ1v) is 7.85. The predicted octanol–water partition coefficient (Wildman–Crippen LogP) is 2.14. The SMILES string of the molecule is O=S1(=O)CCCC1CNc1cc(C(F)(F)F)nc(Cl)n1. The molecule has 0 spiro atoms. The van der Waals surface area contributed by atoms with E-state index in [4.69, 9.17) is 11.6 Å². The molecule has 5 nitrogen and oxygen atoms in total. The maximum Gasteiger partial charge on any atom is 0.433 e. The molecule has 1 N–H and O–H groups in total. The number of nitrogens with zero attached hydrogens (tertiary/aromatic N) is 2. The van der Waals surface area contributed by atoms with E-state index in [9.17, 15) is 21.6 Å². The molecule has 1 unspecified atom stereocenters. The van der Waals surface area contributed by atoms with Gasteiger partial charge in [0.25, 0.3) is 0 Å². The third-order valence-corrected chi connectivity index (χ3v) is 5.41. The molecule has 1 atom stereocenters. The third kappa shape index (κ3) is 3.51. The lowest BCUT2D eigenvalue weighted by atomic mass is 10.2.